The van der Waals surface area contributed by atoms with E-state index in [9.17, 15) is 4.79 Å². The second kappa shape index (κ2) is 11.4. The lowest BCUT2D eigenvalue weighted by Gasteiger charge is -2.58. The SMILES string of the molecule is CC(C)CCC[C@@H](C)[C@H]1CCC2C3CC=C4CC(OC(=O)OCCN(C)C)CC[C@]4(C)C3CC[C@@]21C. The molecule has 0 aromatic carbocycles. The zero-order valence-electron chi connectivity index (χ0n) is 24.5. The van der Waals surface area contributed by atoms with Gasteiger partial charge in [0.25, 0.3) is 0 Å². The summed E-state index contributed by atoms with van der Waals surface area (Å²) in [5.74, 6) is 5.15. The normalized spacial score (nSPS) is 38.7. The molecule has 0 aromatic rings. The summed E-state index contributed by atoms with van der Waals surface area (Å²) in [6.45, 7) is 13.6. The number of rotatable bonds is 9. The van der Waals surface area contributed by atoms with Crippen LogP contribution in [0.1, 0.15) is 105 Å². The van der Waals surface area contributed by atoms with Crippen molar-refractivity contribution in [3.05, 3.63) is 11.6 Å². The molecule has 4 heteroatoms. The molecule has 0 saturated heterocycles. The molecular formula is C32H55NO3. The molecule has 0 radical (unpaired) electrons. The summed E-state index contributed by atoms with van der Waals surface area (Å²) in [7, 11) is 3.96. The van der Waals surface area contributed by atoms with Crippen molar-refractivity contribution in [1.29, 1.82) is 0 Å². The maximum absolute atomic E-state index is 12.2. The van der Waals surface area contributed by atoms with Crippen molar-refractivity contribution in [2.24, 2.45) is 46.3 Å². The molecule has 0 heterocycles. The number of carbonyl (C=O) groups excluding carboxylic acids is 1. The minimum atomic E-state index is -0.493. The van der Waals surface area contributed by atoms with E-state index in [1.165, 1.54) is 51.4 Å². The molecule has 0 aliphatic heterocycles. The van der Waals surface area contributed by atoms with Crippen LogP contribution in [-0.2, 0) is 9.47 Å². The number of hydrogen-bond acceptors (Lipinski definition) is 4. The molecule has 4 aliphatic carbocycles. The minimum absolute atomic E-state index is 0.0239. The van der Waals surface area contributed by atoms with Crippen LogP contribution in [0.2, 0.25) is 0 Å². The number of likely N-dealkylation sites (N-methyl/N-ethyl adjacent to an activating group) is 1. The highest BCUT2D eigenvalue weighted by atomic mass is 16.7. The lowest BCUT2D eigenvalue weighted by Crippen LogP contribution is -2.51. The Morgan fingerprint density at radius 1 is 1.06 bits per heavy atom. The molecule has 4 unspecified atom stereocenters. The van der Waals surface area contributed by atoms with Crippen LogP contribution in [0, 0.1) is 46.3 Å². The van der Waals surface area contributed by atoms with Crippen LogP contribution in [0.3, 0.4) is 0 Å². The number of hydrogen-bond donors (Lipinski definition) is 0. The van der Waals surface area contributed by atoms with Gasteiger partial charge in [-0.3, -0.25) is 0 Å². The predicted octanol–water partition coefficient (Wildman–Crippen LogP) is 8.11. The van der Waals surface area contributed by atoms with E-state index < -0.39 is 6.16 Å². The first-order valence-corrected chi connectivity index (χ1v) is 15.2. The second-order valence-corrected chi connectivity index (χ2v) is 14.2. The van der Waals surface area contributed by atoms with Crippen molar-refractivity contribution in [3.8, 4) is 0 Å². The van der Waals surface area contributed by atoms with Crippen LogP contribution < -0.4 is 0 Å². The molecule has 4 nitrogen and oxygen atoms in total. The summed E-state index contributed by atoms with van der Waals surface area (Å²) < 4.78 is 11.1. The van der Waals surface area contributed by atoms with Gasteiger partial charge < -0.3 is 14.4 Å². The Morgan fingerprint density at radius 2 is 1.83 bits per heavy atom. The Labute approximate surface area is 221 Å². The fourth-order valence-corrected chi connectivity index (χ4v) is 9.23. The van der Waals surface area contributed by atoms with Crippen molar-refractivity contribution >= 4 is 6.16 Å². The zero-order valence-corrected chi connectivity index (χ0v) is 24.5. The van der Waals surface area contributed by atoms with Gasteiger partial charge in [-0.05, 0) is 105 Å². The molecule has 36 heavy (non-hydrogen) atoms. The maximum Gasteiger partial charge on any atom is 0.508 e. The monoisotopic (exact) mass is 501 g/mol. The molecule has 8 atom stereocenters. The Balaban J connectivity index is 1.37. The molecular weight excluding hydrogens is 446 g/mol. The third kappa shape index (κ3) is 5.69. The molecule has 0 N–H and O–H groups in total. The first kappa shape index (κ1) is 28.0. The van der Waals surface area contributed by atoms with Crippen LogP contribution in [-0.4, -0.2) is 44.4 Å². The minimum Gasteiger partial charge on any atom is -0.433 e. The van der Waals surface area contributed by atoms with E-state index in [0.29, 0.717) is 17.4 Å². The highest BCUT2D eigenvalue weighted by Gasteiger charge is 2.59. The fraction of sp³-hybridized carbons (Fsp3) is 0.906. The molecule has 0 bridgehead atoms. The largest absolute Gasteiger partial charge is 0.508 e. The third-order valence-electron chi connectivity index (χ3n) is 11.3. The predicted molar refractivity (Wildman–Crippen MR) is 148 cm³/mol. The van der Waals surface area contributed by atoms with Crippen LogP contribution in [0.4, 0.5) is 4.79 Å². The molecule has 0 aromatic heterocycles. The van der Waals surface area contributed by atoms with Gasteiger partial charge in [0.15, 0.2) is 0 Å². The lowest BCUT2D eigenvalue weighted by molar-refractivity contribution is -0.0618. The van der Waals surface area contributed by atoms with E-state index in [1.54, 1.807) is 5.57 Å². The van der Waals surface area contributed by atoms with Gasteiger partial charge in [-0.15, -0.1) is 0 Å². The number of ether oxygens (including phenoxy) is 2. The number of carbonyl (C=O) groups is 1. The van der Waals surface area contributed by atoms with Gasteiger partial charge in [-0.2, -0.15) is 0 Å². The standard InChI is InChI=1S/C32H55NO3/c1-22(2)9-8-10-23(3)27-13-14-28-26-12-11-24-21-25(36-30(34)35-20-19-33(6)7)15-17-31(24,4)29(26)16-18-32(27,28)5/h11,22-23,25-29H,8-10,12-21H2,1-7H3/t23-,25?,26?,27-,28?,29?,31+,32-/m1/s1. The quantitative estimate of drug-likeness (QED) is 0.236. The van der Waals surface area contributed by atoms with E-state index in [4.69, 9.17) is 9.47 Å². The molecule has 3 saturated carbocycles. The maximum atomic E-state index is 12.2. The number of fused-ring (bicyclic) bond motifs is 5. The average Bonchev–Trinajstić information content (AvgIpc) is 3.16. The van der Waals surface area contributed by atoms with E-state index in [2.05, 4.69) is 40.7 Å². The zero-order chi connectivity index (χ0) is 26.1. The van der Waals surface area contributed by atoms with E-state index in [1.807, 2.05) is 19.0 Å². The lowest BCUT2D eigenvalue weighted by atomic mass is 9.47. The second-order valence-electron chi connectivity index (χ2n) is 14.2. The van der Waals surface area contributed by atoms with Crippen LogP contribution in [0.15, 0.2) is 11.6 Å². The van der Waals surface area contributed by atoms with E-state index in [0.717, 1.165) is 61.3 Å². The Hall–Kier alpha value is -1.03. The first-order chi connectivity index (χ1) is 17.0. The fourth-order valence-electron chi connectivity index (χ4n) is 9.23. The van der Waals surface area contributed by atoms with Gasteiger partial charge in [-0.1, -0.05) is 65.5 Å². The number of allylic oxidation sites excluding steroid dienone is 1. The van der Waals surface area contributed by atoms with Gasteiger partial charge in [0.05, 0.1) is 0 Å². The topological polar surface area (TPSA) is 38.8 Å². The van der Waals surface area contributed by atoms with Gasteiger partial charge in [0, 0.05) is 13.0 Å². The van der Waals surface area contributed by atoms with Gasteiger partial charge in [-0.25, -0.2) is 4.79 Å². The summed E-state index contributed by atoms with van der Waals surface area (Å²) in [6.07, 6.45) is 16.2. The Morgan fingerprint density at radius 3 is 2.56 bits per heavy atom. The van der Waals surface area contributed by atoms with Crippen molar-refractivity contribution in [2.45, 2.75) is 111 Å². The summed E-state index contributed by atoms with van der Waals surface area (Å²) >= 11 is 0. The molecule has 0 amide bonds. The molecule has 4 rings (SSSR count). The summed E-state index contributed by atoms with van der Waals surface area (Å²) in [4.78, 5) is 14.2. The highest BCUT2D eigenvalue weighted by molar-refractivity contribution is 5.60. The van der Waals surface area contributed by atoms with Crippen LogP contribution >= 0.6 is 0 Å². The van der Waals surface area contributed by atoms with E-state index in [-0.39, 0.29) is 6.10 Å². The van der Waals surface area contributed by atoms with Crippen LogP contribution in [0.5, 0.6) is 0 Å². The highest BCUT2D eigenvalue weighted by Crippen LogP contribution is 2.67. The van der Waals surface area contributed by atoms with Gasteiger partial charge in [0.2, 0.25) is 0 Å². The summed E-state index contributed by atoms with van der Waals surface area (Å²) in [5, 5.41) is 0. The van der Waals surface area contributed by atoms with Gasteiger partial charge in [0.1, 0.15) is 12.7 Å². The molecule has 0 spiro atoms. The van der Waals surface area contributed by atoms with Crippen molar-refractivity contribution in [3.63, 3.8) is 0 Å². The van der Waals surface area contributed by atoms with E-state index >= 15 is 0 Å². The molecule has 206 valence electrons. The van der Waals surface area contributed by atoms with Crippen molar-refractivity contribution in [1.82, 2.24) is 4.90 Å². The van der Waals surface area contributed by atoms with Crippen molar-refractivity contribution in [2.75, 3.05) is 27.2 Å². The number of nitrogens with zero attached hydrogens (tertiary/aromatic N) is 1. The molecule has 4 aliphatic rings. The van der Waals surface area contributed by atoms with Crippen molar-refractivity contribution < 1.29 is 14.3 Å². The van der Waals surface area contributed by atoms with Crippen LogP contribution in [0.25, 0.3) is 0 Å². The third-order valence-corrected chi connectivity index (χ3v) is 11.3. The smallest absolute Gasteiger partial charge is 0.433 e. The first-order valence-electron chi connectivity index (χ1n) is 15.2. The Bertz CT molecular complexity index is 790. The molecule has 3 fully saturated rings. The summed E-state index contributed by atoms with van der Waals surface area (Å²) in [6, 6.07) is 0. The Kier molecular flexibility index (Phi) is 8.85. The summed E-state index contributed by atoms with van der Waals surface area (Å²) in [5.41, 5.74) is 2.40. The average molecular weight is 502 g/mol. The van der Waals surface area contributed by atoms with Gasteiger partial charge >= 0.3 is 6.16 Å².